The third-order valence-electron chi connectivity index (χ3n) is 7.39. The first-order chi connectivity index (χ1) is 19.7. The molecule has 4 atom stereocenters. The number of amides is 4. The number of rotatable bonds is 5. The number of methoxy groups -OCH3 is 1. The molecule has 0 spiro atoms. The maximum absolute atomic E-state index is 13.6. The Balaban J connectivity index is 1.88. The van der Waals surface area contributed by atoms with E-state index in [2.05, 4.69) is 26.6 Å². The minimum absolute atomic E-state index is 0.186. The zero-order valence-electron chi connectivity index (χ0n) is 24.4. The minimum atomic E-state index is -0.978. The fourth-order valence-electron chi connectivity index (χ4n) is 4.52. The number of benzene rings is 2. The van der Waals surface area contributed by atoms with Gasteiger partial charge >= 0.3 is 0 Å². The first-order valence-corrected chi connectivity index (χ1v) is 14.3. The van der Waals surface area contributed by atoms with Gasteiger partial charge in [0.05, 0.1) is 7.11 Å². The van der Waals surface area contributed by atoms with Crippen molar-refractivity contribution in [3.8, 4) is 5.75 Å². The molecule has 4 rings (SSSR count). The van der Waals surface area contributed by atoms with E-state index in [-0.39, 0.29) is 24.2 Å². The van der Waals surface area contributed by atoms with Crippen LogP contribution in [0.2, 0.25) is 0 Å². The quantitative estimate of drug-likeness (QED) is 0.352. The van der Waals surface area contributed by atoms with E-state index in [1.165, 1.54) is 0 Å². The van der Waals surface area contributed by atoms with Crippen molar-refractivity contribution >= 4 is 23.6 Å². The van der Waals surface area contributed by atoms with Crippen LogP contribution in [0.4, 0.5) is 0 Å². The molecule has 0 radical (unpaired) electrons. The van der Waals surface area contributed by atoms with Gasteiger partial charge in [0.25, 0.3) is 5.91 Å². The maximum Gasteiger partial charge on any atom is 0.251 e. The van der Waals surface area contributed by atoms with Gasteiger partial charge in [-0.3, -0.25) is 19.2 Å². The SMILES string of the molecule is CC[C@H](C)C1NC(=O)c2ccc(cc2)CNCCCCNC(=O)[C@@H](C)NC(=O)[C@H](Cc2ccc(OC)cc2)NC1=O. The fourth-order valence-corrected chi connectivity index (χ4v) is 4.52. The Morgan fingerprint density at radius 1 is 0.854 bits per heavy atom. The molecule has 41 heavy (non-hydrogen) atoms. The summed E-state index contributed by atoms with van der Waals surface area (Å²) in [6, 6.07) is 11.8. The van der Waals surface area contributed by atoms with E-state index < -0.39 is 29.9 Å². The van der Waals surface area contributed by atoms with E-state index in [0.717, 1.165) is 30.5 Å². The van der Waals surface area contributed by atoms with Gasteiger partial charge in [0.15, 0.2) is 0 Å². The first-order valence-electron chi connectivity index (χ1n) is 14.3. The lowest BCUT2D eigenvalue weighted by Crippen LogP contribution is -2.58. The van der Waals surface area contributed by atoms with Gasteiger partial charge in [0.1, 0.15) is 23.9 Å². The molecular formula is C31H43N5O5. The van der Waals surface area contributed by atoms with Gasteiger partial charge in [-0.05, 0) is 67.6 Å². The fraction of sp³-hybridized carbons (Fsp3) is 0.484. The standard InChI is InChI=1S/C31H43N5O5/c1-5-20(2)27-31(40)35-26(18-22-10-14-25(41-4)15-11-22)30(39)34-21(3)28(37)33-17-7-6-16-32-19-23-8-12-24(13-9-23)29(38)36-27/h8-15,20-21,26-27,32H,5-7,16-19H2,1-4H3,(H,33,37)(H,34,39)(H,35,40)(H,36,38)/t20-,21+,26-,27?/m0/s1. The summed E-state index contributed by atoms with van der Waals surface area (Å²) < 4.78 is 5.23. The minimum Gasteiger partial charge on any atom is -0.497 e. The second kappa shape index (κ2) is 15.8. The monoisotopic (exact) mass is 565 g/mol. The highest BCUT2D eigenvalue weighted by molar-refractivity contribution is 5.99. The summed E-state index contributed by atoms with van der Waals surface area (Å²) in [6.45, 7) is 7.36. The van der Waals surface area contributed by atoms with Crippen LogP contribution in [-0.4, -0.2) is 62.0 Å². The predicted molar refractivity (Wildman–Crippen MR) is 157 cm³/mol. The molecule has 2 aromatic rings. The van der Waals surface area contributed by atoms with Crippen LogP contribution in [0.3, 0.4) is 0 Å². The molecule has 0 aliphatic carbocycles. The van der Waals surface area contributed by atoms with E-state index in [9.17, 15) is 19.2 Å². The van der Waals surface area contributed by atoms with Crippen molar-refractivity contribution in [1.29, 1.82) is 0 Å². The summed E-state index contributed by atoms with van der Waals surface area (Å²) in [6.07, 6.45) is 2.47. The number of nitrogens with one attached hydrogen (secondary N) is 5. The molecule has 2 aliphatic heterocycles. The third-order valence-corrected chi connectivity index (χ3v) is 7.39. The summed E-state index contributed by atoms with van der Waals surface area (Å²) in [5.74, 6) is -1.14. The second-order valence-electron chi connectivity index (χ2n) is 10.6. The van der Waals surface area contributed by atoms with Crippen molar-refractivity contribution in [3.05, 3.63) is 65.2 Å². The highest BCUT2D eigenvalue weighted by Gasteiger charge is 2.31. The Hall–Kier alpha value is -3.92. The number of hydrogen-bond donors (Lipinski definition) is 5. The Labute approximate surface area is 242 Å². The third kappa shape index (κ3) is 9.60. The van der Waals surface area contributed by atoms with Gasteiger partial charge in [-0.15, -0.1) is 0 Å². The highest BCUT2D eigenvalue weighted by Crippen LogP contribution is 2.15. The van der Waals surface area contributed by atoms with Crippen molar-refractivity contribution in [2.24, 2.45) is 5.92 Å². The Kier molecular flexibility index (Phi) is 12.1. The first kappa shape index (κ1) is 31.6. The van der Waals surface area contributed by atoms with E-state index in [0.29, 0.717) is 30.8 Å². The summed E-state index contributed by atoms with van der Waals surface area (Å²) in [5.41, 5.74) is 2.29. The largest absolute Gasteiger partial charge is 0.497 e. The predicted octanol–water partition coefficient (Wildman–Crippen LogP) is 2.07. The van der Waals surface area contributed by atoms with E-state index in [1.54, 1.807) is 38.3 Å². The smallest absolute Gasteiger partial charge is 0.251 e. The number of ether oxygens (including phenoxy) is 1. The van der Waals surface area contributed by atoms with Crippen molar-refractivity contribution in [2.75, 3.05) is 20.2 Å². The summed E-state index contributed by atoms with van der Waals surface area (Å²) in [5, 5.41) is 14.7. The Morgan fingerprint density at radius 3 is 2.20 bits per heavy atom. The molecule has 1 unspecified atom stereocenters. The van der Waals surface area contributed by atoms with Gasteiger partial charge in [-0.25, -0.2) is 0 Å². The van der Waals surface area contributed by atoms with Gasteiger partial charge in [0, 0.05) is 25.1 Å². The van der Waals surface area contributed by atoms with Crippen molar-refractivity contribution < 1.29 is 23.9 Å². The van der Waals surface area contributed by atoms with Crippen LogP contribution < -0.4 is 31.3 Å². The van der Waals surface area contributed by atoms with Gasteiger partial charge in [-0.2, -0.15) is 0 Å². The molecule has 2 heterocycles. The molecule has 2 bridgehead atoms. The van der Waals surface area contributed by atoms with Gasteiger partial charge in [0.2, 0.25) is 17.7 Å². The summed E-state index contributed by atoms with van der Waals surface area (Å²) in [4.78, 5) is 52.8. The summed E-state index contributed by atoms with van der Waals surface area (Å²) in [7, 11) is 1.57. The molecule has 10 heteroatoms. The van der Waals surface area contributed by atoms with E-state index >= 15 is 0 Å². The molecule has 222 valence electrons. The Morgan fingerprint density at radius 2 is 1.54 bits per heavy atom. The van der Waals surface area contributed by atoms with Crippen LogP contribution in [-0.2, 0) is 27.3 Å². The lowest BCUT2D eigenvalue weighted by atomic mass is 9.96. The molecule has 2 aromatic carbocycles. The van der Waals surface area contributed by atoms with Crippen LogP contribution in [0.1, 0.15) is 61.5 Å². The lowest BCUT2D eigenvalue weighted by molar-refractivity contribution is -0.132. The lowest BCUT2D eigenvalue weighted by Gasteiger charge is -2.27. The number of carbonyl (C=O) groups is 4. The van der Waals surface area contributed by atoms with Crippen LogP contribution in [0.5, 0.6) is 5.75 Å². The van der Waals surface area contributed by atoms with Crippen molar-refractivity contribution in [2.45, 2.75) is 71.1 Å². The zero-order chi connectivity index (χ0) is 29.8. The normalized spacial score (nSPS) is 22.4. The van der Waals surface area contributed by atoms with E-state index in [4.69, 9.17) is 4.74 Å². The Bertz CT molecular complexity index is 1170. The van der Waals surface area contributed by atoms with Crippen LogP contribution in [0.15, 0.2) is 48.5 Å². The number of fused-ring (bicyclic) bond motifs is 18. The van der Waals surface area contributed by atoms with Crippen molar-refractivity contribution in [1.82, 2.24) is 26.6 Å². The molecule has 10 nitrogen and oxygen atoms in total. The average Bonchev–Trinajstić information content (AvgIpc) is 2.98. The number of carbonyl (C=O) groups excluding carboxylic acids is 4. The topological polar surface area (TPSA) is 138 Å². The highest BCUT2D eigenvalue weighted by atomic mass is 16.5. The molecule has 2 aliphatic rings. The second-order valence-corrected chi connectivity index (χ2v) is 10.6. The van der Waals surface area contributed by atoms with Gasteiger partial charge in [-0.1, -0.05) is 44.5 Å². The molecule has 0 fully saturated rings. The molecule has 4 amide bonds. The van der Waals surface area contributed by atoms with Crippen LogP contribution in [0, 0.1) is 5.92 Å². The molecule has 5 N–H and O–H groups in total. The van der Waals surface area contributed by atoms with Gasteiger partial charge < -0.3 is 31.3 Å². The van der Waals surface area contributed by atoms with E-state index in [1.807, 2.05) is 38.1 Å². The van der Waals surface area contributed by atoms with Crippen molar-refractivity contribution in [3.63, 3.8) is 0 Å². The molecule has 0 aromatic heterocycles. The molecule has 0 saturated heterocycles. The number of hydrogen-bond acceptors (Lipinski definition) is 6. The zero-order valence-corrected chi connectivity index (χ0v) is 24.4. The molecular weight excluding hydrogens is 522 g/mol. The van der Waals surface area contributed by atoms with Crippen LogP contribution in [0.25, 0.3) is 0 Å². The van der Waals surface area contributed by atoms with Crippen LogP contribution >= 0.6 is 0 Å². The summed E-state index contributed by atoms with van der Waals surface area (Å²) >= 11 is 0. The maximum atomic E-state index is 13.6. The molecule has 0 saturated carbocycles. The average molecular weight is 566 g/mol.